The topological polar surface area (TPSA) is 124 Å². The van der Waals surface area contributed by atoms with E-state index in [-0.39, 0.29) is 33.7 Å². The molecule has 2 amide bonds. The zero-order chi connectivity index (χ0) is 29.6. The third-order valence-electron chi connectivity index (χ3n) is 6.71. The second-order valence-corrected chi connectivity index (χ2v) is 11.0. The summed E-state index contributed by atoms with van der Waals surface area (Å²) >= 11 is 0. The largest absolute Gasteiger partial charge is 0.497 e. The van der Waals surface area contributed by atoms with Gasteiger partial charge in [-0.3, -0.25) is 13.9 Å². The van der Waals surface area contributed by atoms with E-state index in [2.05, 4.69) is 5.32 Å². The maximum atomic E-state index is 14.1. The van der Waals surface area contributed by atoms with Crippen molar-refractivity contribution in [1.29, 1.82) is 0 Å². The number of amides is 2. The van der Waals surface area contributed by atoms with Gasteiger partial charge in [0.05, 0.1) is 50.3 Å². The number of hydrogen-bond acceptors (Lipinski definition) is 8. The van der Waals surface area contributed by atoms with Crippen LogP contribution >= 0.6 is 0 Å². The summed E-state index contributed by atoms with van der Waals surface area (Å²) in [6, 6.07) is 15.4. The molecule has 41 heavy (non-hydrogen) atoms. The van der Waals surface area contributed by atoms with Crippen LogP contribution in [0, 0.1) is 0 Å². The summed E-state index contributed by atoms with van der Waals surface area (Å²) in [6.07, 6.45) is 1.84. The van der Waals surface area contributed by atoms with Gasteiger partial charge in [-0.25, -0.2) is 8.42 Å². The van der Waals surface area contributed by atoms with Crippen LogP contribution in [0.2, 0.25) is 0 Å². The molecule has 0 atom stereocenters. The number of likely N-dealkylation sites (tertiary alicyclic amines) is 1. The van der Waals surface area contributed by atoms with Crippen LogP contribution in [-0.4, -0.2) is 73.2 Å². The molecule has 12 heteroatoms. The predicted octanol–water partition coefficient (Wildman–Crippen LogP) is 3.79. The van der Waals surface area contributed by atoms with E-state index in [0.717, 1.165) is 17.1 Å². The number of nitrogens with one attached hydrogen (secondary N) is 1. The van der Waals surface area contributed by atoms with E-state index in [1.807, 2.05) is 0 Å². The standard InChI is InChI=1S/C29H33N3O8S/c1-37-20-11-13-25(38-2)24(17-20)32(41(35,36)21-12-14-26(39-3)27(18-21)40-4)19-28(33)30-23-10-6-5-9-22(23)29(34)31-15-7-8-16-31/h5-6,9-14,17-18H,7-8,15-16,19H2,1-4H3,(H,30,33). The first kappa shape index (κ1) is 29.5. The molecule has 3 aromatic rings. The molecule has 1 N–H and O–H groups in total. The smallest absolute Gasteiger partial charge is 0.265 e. The van der Waals surface area contributed by atoms with Crippen molar-refractivity contribution in [2.45, 2.75) is 17.7 Å². The minimum Gasteiger partial charge on any atom is -0.497 e. The van der Waals surface area contributed by atoms with Gasteiger partial charge < -0.3 is 29.2 Å². The molecule has 1 aliphatic heterocycles. The number of anilines is 2. The minimum absolute atomic E-state index is 0.0817. The summed E-state index contributed by atoms with van der Waals surface area (Å²) < 4.78 is 50.5. The highest BCUT2D eigenvalue weighted by atomic mass is 32.2. The van der Waals surface area contributed by atoms with Gasteiger partial charge in [-0.05, 0) is 49.2 Å². The first-order valence-electron chi connectivity index (χ1n) is 12.9. The van der Waals surface area contributed by atoms with Crippen LogP contribution in [0.5, 0.6) is 23.0 Å². The molecule has 0 saturated carbocycles. The minimum atomic E-state index is -4.37. The number of carbonyl (C=O) groups excluding carboxylic acids is 2. The lowest BCUT2D eigenvalue weighted by atomic mass is 10.1. The Morgan fingerprint density at radius 2 is 1.49 bits per heavy atom. The molecule has 0 radical (unpaired) electrons. The molecule has 0 aromatic heterocycles. The fourth-order valence-corrected chi connectivity index (χ4v) is 6.02. The van der Waals surface area contributed by atoms with E-state index >= 15 is 0 Å². The van der Waals surface area contributed by atoms with Crippen LogP contribution in [0.3, 0.4) is 0 Å². The molecule has 0 unspecified atom stereocenters. The average molecular weight is 584 g/mol. The Labute approximate surface area is 239 Å². The Kier molecular flexibility index (Phi) is 9.23. The monoisotopic (exact) mass is 583 g/mol. The molecule has 1 fully saturated rings. The number of ether oxygens (including phenoxy) is 4. The van der Waals surface area contributed by atoms with E-state index in [1.165, 1.54) is 52.7 Å². The number of hydrogen-bond donors (Lipinski definition) is 1. The molecule has 11 nitrogen and oxygen atoms in total. The van der Waals surface area contributed by atoms with Crippen molar-refractivity contribution in [3.05, 3.63) is 66.2 Å². The second kappa shape index (κ2) is 12.8. The average Bonchev–Trinajstić information content (AvgIpc) is 3.54. The Hall–Kier alpha value is -4.45. The van der Waals surface area contributed by atoms with Gasteiger partial charge in [0.2, 0.25) is 5.91 Å². The van der Waals surface area contributed by atoms with Crippen LogP contribution in [0.4, 0.5) is 11.4 Å². The molecular weight excluding hydrogens is 550 g/mol. The van der Waals surface area contributed by atoms with Gasteiger partial charge in [0.25, 0.3) is 15.9 Å². The zero-order valence-corrected chi connectivity index (χ0v) is 24.2. The van der Waals surface area contributed by atoms with Gasteiger partial charge in [0, 0.05) is 25.2 Å². The summed E-state index contributed by atoms with van der Waals surface area (Å²) in [6.45, 7) is 0.661. The molecular formula is C29H33N3O8S. The van der Waals surface area contributed by atoms with Gasteiger partial charge in [0.15, 0.2) is 11.5 Å². The van der Waals surface area contributed by atoms with Crippen LogP contribution in [0.1, 0.15) is 23.2 Å². The van der Waals surface area contributed by atoms with Gasteiger partial charge in [0.1, 0.15) is 18.0 Å². The first-order valence-corrected chi connectivity index (χ1v) is 14.3. The molecule has 4 rings (SSSR count). The zero-order valence-electron chi connectivity index (χ0n) is 23.4. The second-order valence-electron chi connectivity index (χ2n) is 9.16. The molecule has 1 saturated heterocycles. The van der Waals surface area contributed by atoms with Crippen molar-refractivity contribution in [2.75, 3.05) is 57.7 Å². The summed E-state index contributed by atoms with van der Waals surface area (Å²) in [4.78, 5) is 28.2. The van der Waals surface area contributed by atoms with Crippen LogP contribution in [-0.2, 0) is 14.8 Å². The van der Waals surface area contributed by atoms with Gasteiger partial charge >= 0.3 is 0 Å². The number of methoxy groups -OCH3 is 4. The third kappa shape index (κ3) is 6.32. The van der Waals surface area contributed by atoms with Gasteiger partial charge in [-0.15, -0.1) is 0 Å². The summed E-state index contributed by atoms with van der Waals surface area (Å²) in [7, 11) is 1.30. The molecule has 0 aliphatic carbocycles. The lowest BCUT2D eigenvalue weighted by Crippen LogP contribution is -2.38. The summed E-state index contributed by atoms with van der Waals surface area (Å²) in [5, 5.41) is 2.74. The third-order valence-corrected chi connectivity index (χ3v) is 8.47. The van der Waals surface area contributed by atoms with E-state index in [1.54, 1.807) is 41.3 Å². The summed E-state index contributed by atoms with van der Waals surface area (Å²) in [5.41, 5.74) is 0.699. The van der Waals surface area contributed by atoms with E-state index in [4.69, 9.17) is 18.9 Å². The van der Waals surface area contributed by atoms with Crippen molar-refractivity contribution in [2.24, 2.45) is 0 Å². The van der Waals surface area contributed by atoms with Crippen molar-refractivity contribution in [3.8, 4) is 23.0 Å². The fraction of sp³-hybridized carbons (Fsp3) is 0.310. The van der Waals surface area contributed by atoms with Crippen molar-refractivity contribution < 1.29 is 37.0 Å². The van der Waals surface area contributed by atoms with E-state index < -0.39 is 22.5 Å². The molecule has 0 bridgehead atoms. The molecule has 0 spiro atoms. The fourth-order valence-electron chi connectivity index (χ4n) is 4.58. The SMILES string of the molecule is COc1ccc(OC)c(N(CC(=O)Nc2ccccc2C(=O)N2CCCC2)S(=O)(=O)c2ccc(OC)c(OC)c2)c1. The van der Waals surface area contributed by atoms with E-state index in [0.29, 0.717) is 30.2 Å². The maximum Gasteiger partial charge on any atom is 0.265 e. The van der Waals surface area contributed by atoms with Gasteiger partial charge in [-0.1, -0.05) is 12.1 Å². The van der Waals surface area contributed by atoms with Crippen molar-refractivity contribution >= 4 is 33.2 Å². The highest BCUT2D eigenvalue weighted by Gasteiger charge is 2.31. The maximum absolute atomic E-state index is 14.1. The highest BCUT2D eigenvalue weighted by Crippen LogP contribution is 2.37. The number of benzene rings is 3. The lowest BCUT2D eigenvalue weighted by molar-refractivity contribution is -0.114. The molecule has 218 valence electrons. The number of carbonyl (C=O) groups is 2. The van der Waals surface area contributed by atoms with Crippen LogP contribution < -0.4 is 28.6 Å². The quantitative estimate of drug-likeness (QED) is 0.362. The van der Waals surface area contributed by atoms with Crippen molar-refractivity contribution in [3.63, 3.8) is 0 Å². The highest BCUT2D eigenvalue weighted by molar-refractivity contribution is 7.92. The van der Waals surface area contributed by atoms with Crippen molar-refractivity contribution in [1.82, 2.24) is 4.90 Å². The number of para-hydroxylation sites is 1. The Morgan fingerprint density at radius 1 is 0.829 bits per heavy atom. The Bertz CT molecular complexity index is 1520. The number of sulfonamides is 1. The van der Waals surface area contributed by atoms with Crippen LogP contribution in [0.15, 0.2) is 65.6 Å². The number of nitrogens with zero attached hydrogens (tertiary/aromatic N) is 2. The Morgan fingerprint density at radius 3 is 2.15 bits per heavy atom. The molecule has 1 aliphatic rings. The molecule has 3 aromatic carbocycles. The van der Waals surface area contributed by atoms with Gasteiger partial charge in [-0.2, -0.15) is 0 Å². The summed E-state index contributed by atoms with van der Waals surface area (Å²) in [5.74, 6) is 0.240. The normalized spacial score (nSPS) is 12.9. The number of rotatable bonds is 11. The Balaban J connectivity index is 1.74. The van der Waals surface area contributed by atoms with Crippen LogP contribution in [0.25, 0.3) is 0 Å². The van der Waals surface area contributed by atoms with E-state index in [9.17, 15) is 18.0 Å². The lowest BCUT2D eigenvalue weighted by Gasteiger charge is -2.26. The predicted molar refractivity (Wildman–Crippen MR) is 154 cm³/mol. The molecule has 1 heterocycles. The first-order chi connectivity index (χ1) is 19.7.